The predicted octanol–water partition coefficient (Wildman–Crippen LogP) is 3.64. The van der Waals surface area contributed by atoms with Gasteiger partial charge >= 0.3 is 12.1 Å². The average molecular weight is 386 g/mol. The number of nitro groups is 1. The van der Waals surface area contributed by atoms with Crippen LogP contribution >= 0.6 is 0 Å². The molecule has 8 heteroatoms. The van der Waals surface area contributed by atoms with Gasteiger partial charge in [0.05, 0.1) is 11.5 Å². The third-order valence-corrected chi connectivity index (χ3v) is 3.86. The number of ether oxygens (including phenoxy) is 2. The topological polar surface area (TPSA) is 108 Å². The van der Waals surface area contributed by atoms with Gasteiger partial charge < -0.3 is 14.8 Å². The lowest BCUT2D eigenvalue weighted by atomic mass is 10.1. The zero-order chi connectivity index (χ0) is 20.4. The van der Waals surface area contributed by atoms with E-state index >= 15 is 0 Å². The van der Waals surface area contributed by atoms with E-state index in [9.17, 15) is 19.7 Å². The van der Waals surface area contributed by atoms with Crippen molar-refractivity contribution in [3.05, 3.63) is 70.3 Å². The van der Waals surface area contributed by atoms with Crippen LogP contribution in [0.15, 0.2) is 54.6 Å². The zero-order valence-electron chi connectivity index (χ0n) is 15.5. The van der Waals surface area contributed by atoms with Gasteiger partial charge in [-0.15, -0.1) is 0 Å². The zero-order valence-corrected chi connectivity index (χ0v) is 15.5. The summed E-state index contributed by atoms with van der Waals surface area (Å²) >= 11 is 0. The van der Waals surface area contributed by atoms with Gasteiger partial charge in [-0.25, -0.2) is 9.59 Å². The number of esters is 1. The third-order valence-electron chi connectivity index (χ3n) is 3.86. The van der Waals surface area contributed by atoms with E-state index in [1.807, 2.05) is 37.3 Å². The molecule has 148 valence electrons. The van der Waals surface area contributed by atoms with Crippen molar-refractivity contribution in [2.45, 2.75) is 32.2 Å². The lowest BCUT2D eigenvalue weighted by molar-refractivity contribution is -0.384. The smallest absolute Gasteiger partial charge is 0.407 e. The number of carbonyl (C=O) groups is 2. The summed E-state index contributed by atoms with van der Waals surface area (Å²) in [7, 11) is 0. The third kappa shape index (κ3) is 6.71. The number of hydrogen-bond donors (Lipinski definition) is 1. The summed E-state index contributed by atoms with van der Waals surface area (Å²) in [5.74, 6) is -0.542. The maximum Gasteiger partial charge on any atom is 0.407 e. The molecule has 8 nitrogen and oxygen atoms in total. The van der Waals surface area contributed by atoms with Gasteiger partial charge in [0.2, 0.25) is 0 Å². The highest BCUT2D eigenvalue weighted by Gasteiger charge is 2.24. The number of carbonyl (C=O) groups excluding carboxylic acids is 2. The Balaban J connectivity index is 2.06. The summed E-state index contributed by atoms with van der Waals surface area (Å²) in [6.45, 7) is 2.23. The van der Waals surface area contributed by atoms with E-state index in [4.69, 9.17) is 9.47 Å². The molecule has 0 saturated heterocycles. The molecule has 0 heterocycles. The van der Waals surface area contributed by atoms with Crippen molar-refractivity contribution in [2.75, 3.05) is 6.61 Å². The Morgan fingerprint density at radius 1 is 1.11 bits per heavy atom. The van der Waals surface area contributed by atoms with Crippen LogP contribution in [-0.4, -0.2) is 29.6 Å². The molecule has 0 fully saturated rings. The van der Waals surface area contributed by atoms with Crippen LogP contribution in [0.5, 0.6) is 5.75 Å². The minimum atomic E-state index is -0.966. The molecule has 0 aromatic heterocycles. The van der Waals surface area contributed by atoms with Gasteiger partial charge in [0.1, 0.15) is 11.8 Å². The van der Waals surface area contributed by atoms with Crippen LogP contribution in [0, 0.1) is 10.1 Å². The van der Waals surface area contributed by atoms with Crippen LogP contribution < -0.4 is 10.1 Å². The number of rotatable bonds is 9. The number of hydrogen-bond acceptors (Lipinski definition) is 6. The molecule has 2 aromatic carbocycles. The van der Waals surface area contributed by atoms with Crippen LogP contribution in [0.4, 0.5) is 10.5 Å². The van der Waals surface area contributed by atoms with E-state index < -0.39 is 23.0 Å². The number of nitro benzene ring substituents is 1. The van der Waals surface area contributed by atoms with E-state index in [-0.39, 0.29) is 24.5 Å². The Labute approximate surface area is 162 Å². The van der Waals surface area contributed by atoms with Gasteiger partial charge in [-0.05, 0) is 24.1 Å². The van der Waals surface area contributed by atoms with Crippen LogP contribution in [0.3, 0.4) is 0 Å². The molecule has 0 radical (unpaired) electrons. The summed E-state index contributed by atoms with van der Waals surface area (Å²) in [5, 5.41) is 13.2. The Hall–Kier alpha value is -3.42. The second-order valence-electron chi connectivity index (χ2n) is 6.05. The van der Waals surface area contributed by atoms with E-state index in [0.717, 1.165) is 18.4 Å². The number of nitrogens with zero attached hydrogens (tertiary/aromatic N) is 1. The minimum absolute atomic E-state index is 0.113. The van der Waals surface area contributed by atoms with E-state index in [1.54, 1.807) is 0 Å². The van der Waals surface area contributed by atoms with Crippen LogP contribution in [0.25, 0.3) is 0 Å². The van der Waals surface area contributed by atoms with Gasteiger partial charge in [-0.2, -0.15) is 0 Å². The summed E-state index contributed by atoms with van der Waals surface area (Å²) in [6.07, 6.45) is 1.12. The molecule has 28 heavy (non-hydrogen) atoms. The first-order chi connectivity index (χ1) is 13.5. The number of unbranched alkanes of at least 4 members (excludes halogenated alkanes) is 1. The van der Waals surface area contributed by atoms with Gasteiger partial charge in [0.15, 0.2) is 0 Å². The van der Waals surface area contributed by atoms with Crippen molar-refractivity contribution < 1.29 is 24.0 Å². The summed E-state index contributed by atoms with van der Waals surface area (Å²) in [5.41, 5.74) is 0.722. The highest BCUT2D eigenvalue weighted by atomic mass is 16.6. The van der Waals surface area contributed by atoms with Gasteiger partial charge in [0, 0.05) is 18.6 Å². The molecule has 0 spiro atoms. The highest BCUT2D eigenvalue weighted by molar-refractivity contribution is 5.83. The largest absolute Gasteiger partial charge is 0.450 e. The maximum absolute atomic E-state index is 12.6. The Morgan fingerprint density at radius 3 is 2.39 bits per heavy atom. The first-order valence-electron chi connectivity index (χ1n) is 8.93. The fourth-order valence-electron chi connectivity index (χ4n) is 2.36. The number of alkyl carbamates (subject to hydrolysis) is 1. The van der Waals surface area contributed by atoms with Crippen molar-refractivity contribution in [3.8, 4) is 5.75 Å². The van der Waals surface area contributed by atoms with Crippen LogP contribution in [-0.2, 0) is 16.0 Å². The molecule has 1 amide bonds. The minimum Gasteiger partial charge on any atom is -0.450 e. The van der Waals surface area contributed by atoms with Crippen molar-refractivity contribution in [1.29, 1.82) is 0 Å². The predicted molar refractivity (Wildman–Crippen MR) is 102 cm³/mol. The molecule has 0 aliphatic heterocycles. The maximum atomic E-state index is 12.6. The first-order valence-corrected chi connectivity index (χ1v) is 8.93. The van der Waals surface area contributed by atoms with Crippen molar-refractivity contribution in [2.24, 2.45) is 0 Å². The van der Waals surface area contributed by atoms with E-state index in [0.29, 0.717) is 0 Å². The standard InChI is InChI=1S/C20H22N2O6/c1-2-3-13-27-20(24)21-18(14-15-7-5-4-6-8-15)19(23)28-17-11-9-16(10-12-17)22(25)26/h4-12,18H,2-3,13-14H2,1H3,(H,21,24)/t18-/m0/s1. The monoisotopic (exact) mass is 386 g/mol. The molecule has 0 saturated carbocycles. The summed E-state index contributed by atoms with van der Waals surface area (Å²) < 4.78 is 10.3. The SMILES string of the molecule is CCCCOC(=O)N[C@@H](Cc1ccccc1)C(=O)Oc1ccc([N+](=O)[O-])cc1. The lowest BCUT2D eigenvalue weighted by Gasteiger charge is -2.17. The molecular formula is C20H22N2O6. The van der Waals surface area contributed by atoms with E-state index in [1.165, 1.54) is 24.3 Å². The normalized spacial score (nSPS) is 11.3. The molecule has 1 atom stereocenters. The van der Waals surface area contributed by atoms with Gasteiger partial charge in [0.25, 0.3) is 5.69 Å². The second kappa shape index (κ2) is 10.7. The molecule has 2 aromatic rings. The lowest BCUT2D eigenvalue weighted by Crippen LogP contribution is -2.44. The van der Waals surface area contributed by atoms with Gasteiger partial charge in [-0.3, -0.25) is 10.1 Å². The summed E-state index contributed by atoms with van der Waals surface area (Å²) in [4.78, 5) is 34.7. The van der Waals surface area contributed by atoms with Crippen molar-refractivity contribution in [3.63, 3.8) is 0 Å². The molecule has 1 N–H and O–H groups in total. The number of benzene rings is 2. The first kappa shape index (κ1) is 20.9. The Kier molecular flexibility index (Phi) is 7.95. The fraction of sp³-hybridized carbons (Fsp3) is 0.300. The number of amides is 1. The average Bonchev–Trinajstić information content (AvgIpc) is 2.69. The second-order valence-corrected chi connectivity index (χ2v) is 6.05. The molecule has 2 rings (SSSR count). The van der Waals surface area contributed by atoms with Crippen molar-refractivity contribution in [1.82, 2.24) is 5.32 Å². The Bertz CT molecular complexity index is 792. The molecule has 0 unspecified atom stereocenters. The molecule has 0 aliphatic carbocycles. The molecule has 0 aliphatic rings. The quantitative estimate of drug-likeness (QED) is 0.232. The van der Waals surface area contributed by atoms with Crippen LogP contribution in [0.2, 0.25) is 0 Å². The number of nitrogens with one attached hydrogen (secondary N) is 1. The number of non-ortho nitro benzene ring substituents is 1. The molecular weight excluding hydrogens is 364 g/mol. The Morgan fingerprint density at radius 2 is 1.79 bits per heavy atom. The fourth-order valence-corrected chi connectivity index (χ4v) is 2.36. The van der Waals surface area contributed by atoms with Crippen LogP contribution in [0.1, 0.15) is 25.3 Å². The molecule has 0 bridgehead atoms. The van der Waals surface area contributed by atoms with Gasteiger partial charge in [-0.1, -0.05) is 43.7 Å². The highest BCUT2D eigenvalue weighted by Crippen LogP contribution is 2.18. The van der Waals surface area contributed by atoms with Crippen molar-refractivity contribution >= 4 is 17.7 Å². The van der Waals surface area contributed by atoms with E-state index in [2.05, 4.69) is 5.32 Å². The summed E-state index contributed by atoms with van der Waals surface area (Å²) in [6, 6.07) is 13.3.